The zero-order valence-electron chi connectivity index (χ0n) is 28.5. The molecule has 4 N–H and O–H groups in total. The van der Waals surface area contributed by atoms with Gasteiger partial charge in [0.1, 0.15) is 24.3 Å². The number of nitrogens with one attached hydrogen (secondary N) is 3. The molecule has 12 nitrogen and oxygen atoms in total. The summed E-state index contributed by atoms with van der Waals surface area (Å²) in [5.74, 6) is -0.705. The highest BCUT2D eigenvalue weighted by molar-refractivity contribution is 7.09. The summed E-state index contributed by atoms with van der Waals surface area (Å²) in [5.41, 5.74) is 3.16. The second-order valence-corrected chi connectivity index (χ2v) is 13.1. The number of pyridine rings is 1. The molecule has 3 amide bonds. The molecular formula is C37H45N5O7S. The van der Waals surface area contributed by atoms with Gasteiger partial charge in [-0.05, 0) is 42.4 Å². The lowest BCUT2D eigenvalue weighted by molar-refractivity contribution is -0.125. The molecule has 0 spiro atoms. The summed E-state index contributed by atoms with van der Waals surface area (Å²) in [7, 11) is 1.58. The number of amides is 3. The first-order valence-corrected chi connectivity index (χ1v) is 17.3. The highest BCUT2D eigenvalue weighted by Crippen LogP contribution is 2.16. The summed E-state index contributed by atoms with van der Waals surface area (Å²) >= 11 is 1.40. The van der Waals surface area contributed by atoms with Crippen molar-refractivity contribution in [3.8, 4) is 0 Å². The van der Waals surface area contributed by atoms with E-state index in [0.29, 0.717) is 25.1 Å². The highest BCUT2D eigenvalue weighted by atomic mass is 32.1. The Balaban J connectivity index is 1.44. The van der Waals surface area contributed by atoms with E-state index in [1.807, 2.05) is 74.5 Å². The largest absolute Gasteiger partial charge is 0.445 e. The standard InChI is InChI=1S/C37H45N5O7S/c1-25(2)34(42-37(46)49-22-30-24-50-33(39-30)23-47-3)35(44)40-29(17-26-11-6-4-7-12-26)19-32(43)31(18-27-13-8-5-9-14-27)41-36(45)48-21-28-15-10-16-38-20-28/h4-16,20,24-25,29,31-32,34,43H,17-19,21-23H2,1-3H3,(H,40,44)(H,41,45)(H,42,46)/t29-,31-,32-,34?/m0/s1. The zero-order chi connectivity index (χ0) is 35.7. The molecule has 1 unspecified atom stereocenters. The molecule has 0 radical (unpaired) electrons. The Morgan fingerprint density at radius 2 is 1.44 bits per heavy atom. The van der Waals surface area contributed by atoms with E-state index in [-0.39, 0.29) is 25.6 Å². The van der Waals surface area contributed by atoms with E-state index in [0.717, 1.165) is 21.7 Å². The van der Waals surface area contributed by atoms with E-state index in [4.69, 9.17) is 14.2 Å². The van der Waals surface area contributed by atoms with E-state index in [1.165, 1.54) is 11.3 Å². The van der Waals surface area contributed by atoms with Gasteiger partial charge in [0.15, 0.2) is 0 Å². The van der Waals surface area contributed by atoms with Crippen LogP contribution in [0.15, 0.2) is 90.6 Å². The minimum Gasteiger partial charge on any atom is -0.445 e. The monoisotopic (exact) mass is 703 g/mol. The van der Waals surface area contributed by atoms with Gasteiger partial charge in [0.25, 0.3) is 0 Å². The summed E-state index contributed by atoms with van der Waals surface area (Å²) in [6.07, 6.45) is 1.55. The Morgan fingerprint density at radius 1 is 0.800 bits per heavy atom. The summed E-state index contributed by atoms with van der Waals surface area (Å²) in [4.78, 5) is 47.8. The van der Waals surface area contributed by atoms with Crippen LogP contribution in [-0.4, -0.2) is 64.5 Å². The quantitative estimate of drug-likeness (QED) is 0.112. The number of benzene rings is 2. The van der Waals surface area contributed by atoms with Gasteiger partial charge in [0.05, 0.1) is 24.4 Å². The molecule has 0 saturated heterocycles. The van der Waals surface area contributed by atoms with Crippen LogP contribution in [0.5, 0.6) is 0 Å². The van der Waals surface area contributed by atoms with Crippen LogP contribution in [0.25, 0.3) is 0 Å². The predicted octanol–water partition coefficient (Wildman–Crippen LogP) is 4.95. The Kier molecular flexibility index (Phi) is 15.2. The Morgan fingerprint density at radius 3 is 2.08 bits per heavy atom. The summed E-state index contributed by atoms with van der Waals surface area (Å²) in [6, 6.07) is 20.4. The molecule has 13 heteroatoms. The number of hydrogen-bond acceptors (Lipinski definition) is 10. The number of aromatic nitrogens is 2. The molecule has 0 aliphatic carbocycles. The highest BCUT2D eigenvalue weighted by Gasteiger charge is 2.30. The van der Waals surface area contributed by atoms with E-state index >= 15 is 0 Å². The third-order valence-corrected chi connectivity index (χ3v) is 8.67. The smallest absolute Gasteiger partial charge is 0.408 e. The maximum absolute atomic E-state index is 13.7. The molecule has 2 aromatic carbocycles. The van der Waals surface area contributed by atoms with Crippen LogP contribution >= 0.6 is 11.3 Å². The molecular weight excluding hydrogens is 659 g/mol. The Bertz CT molecular complexity index is 1610. The van der Waals surface area contributed by atoms with Crippen molar-refractivity contribution in [1.82, 2.24) is 25.9 Å². The number of alkyl carbamates (subject to hydrolysis) is 2. The van der Waals surface area contributed by atoms with Crippen LogP contribution in [0.2, 0.25) is 0 Å². The van der Waals surface area contributed by atoms with Crippen molar-refractivity contribution in [1.29, 1.82) is 0 Å². The van der Waals surface area contributed by atoms with Crippen LogP contribution < -0.4 is 16.0 Å². The van der Waals surface area contributed by atoms with Crippen molar-refractivity contribution >= 4 is 29.4 Å². The molecule has 0 fully saturated rings. The number of methoxy groups -OCH3 is 1. The summed E-state index contributed by atoms with van der Waals surface area (Å²) in [5, 5.41) is 22.8. The van der Waals surface area contributed by atoms with Crippen LogP contribution in [0.3, 0.4) is 0 Å². The summed E-state index contributed by atoms with van der Waals surface area (Å²) < 4.78 is 15.9. The molecule has 4 aromatic rings. The maximum atomic E-state index is 13.7. The van der Waals surface area contributed by atoms with E-state index in [9.17, 15) is 19.5 Å². The van der Waals surface area contributed by atoms with Crippen molar-refractivity contribution in [2.45, 2.75) is 77.2 Å². The lowest BCUT2D eigenvalue weighted by atomic mass is 9.93. The Hall–Kier alpha value is -4.85. The van der Waals surface area contributed by atoms with E-state index < -0.39 is 42.3 Å². The second-order valence-electron chi connectivity index (χ2n) is 12.2. The van der Waals surface area contributed by atoms with Gasteiger partial charge in [-0.3, -0.25) is 9.78 Å². The predicted molar refractivity (Wildman–Crippen MR) is 189 cm³/mol. The van der Waals surface area contributed by atoms with Crippen molar-refractivity contribution < 1.29 is 33.7 Å². The second kappa shape index (κ2) is 20.0. The number of nitrogens with zero attached hydrogens (tertiary/aromatic N) is 2. The van der Waals surface area contributed by atoms with Gasteiger partial charge in [-0.25, -0.2) is 14.6 Å². The molecule has 0 saturated carbocycles. The topological polar surface area (TPSA) is 161 Å². The van der Waals surface area contributed by atoms with Gasteiger partial charge < -0.3 is 35.3 Å². The third kappa shape index (κ3) is 12.9. The third-order valence-electron chi connectivity index (χ3n) is 7.80. The van der Waals surface area contributed by atoms with Gasteiger partial charge in [-0.15, -0.1) is 11.3 Å². The molecule has 4 atom stereocenters. The van der Waals surface area contributed by atoms with Crippen molar-refractivity contribution in [2.24, 2.45) is 5.92 Å². The first kappa shape index (κ1) is 38.0. The molecule has 4 rings (SSSR count). The number of aliphatic hydroxyl groups is 1. The number of aliphatic hydroxyl groups excluding tert-OH is 1. The minimum absolute atomic E-state index is 0.0190. The lowest BCUT2D eigenvalue weighted by Gasteiger charge is -2.30. The Labute approximate surface area is 296 Å². The van der Waals surface area contributed by atoms with Gasteiger partial charge in [0, 0.05) is 36.5 Å². The van der Waals surface area contributed by atoms with Crippen molar-refractivity contribution in [3.63, 3.8) is 0 Å². The SMILES string of the molecule is COCc1nc(COC(=O)NC(C(=O)N[C@@H](Cc2ccccc2)C[C@H](O)[C@H](Cc2ccccc2)NC(=O)OCc2cccnc2)C(C)C)cs1. The number of carbonyl (C=O) groups is 3. The fraction of sp³-hybridized carbons (Fsp3) is 0.378. The fourth-order valence-corrected chi connectivity index (χ4v) is 6.01. The van der Waals surface area contributed by atoms with Crippen LogP contribution in [-0.2, 0) is 51.7 Å². The van der Waals surface area contributed by atoms with Gasteiger partial charge >= 0.3 is 12.2 Å². The molecule has 50 heavy (non-hydrogen) atoms. The number of ether oxygens (including phenoxy) is 3. The normalized spacial score (nSPS) is 13.5. The molecule has 0 aliphatic heterocycles. The fourth-order valence-electron chi connectivity index (χ4n) is 5.26. The first-order valence-electron chi connectivity index (χ1n) is 16.4. The van der Waals surface area contributed by atoms with Crippen molar-refractivity contribution in [3.05, 3.63) is 118 Å². The average molecular weight is 704 g/mol. The maximum Gasteiger partial charge on any atom is 0.408 e. The molecule has 266 valence electrons. The minimum atomic E-state index is -1.08. The average Bonchev–Trinajstić information content (AvgIpc) is 3.57. The molecule has 2 aromatic heterocycles. The number of rotatable bonds is 18. The first-order chi connectivity index (χ1) is 24.2. The van der Waals surface area contributed by atoms with Gasteiger partial charge in [-0.2, -0.15) is 0 Å². The van der Waals surface area contributed by atoms with Crippen LogP contribution in [0, 0.1) is 5.92 Å². The van der Waals surface area contributed by atoms with E-state index in [1.54, 1.807) is 37.0 Å². The number of thiazole rings is 1. The van der Waals surface area contributed by atoms with Crippen LogP contribution in [0.4, 0.5) is 9.59 Å². The molecule has 0 bridgehead atoms. The molecule has 2 heterocycles. The lowest BCUT2D eigenvalue weighted by Crippen LogP contribution is -2.54. The van der Waals surface area contributed by atoms with Crippen molar-refractivity contribution in [2.75, 3.05) is 7.11 Å². The van der Waals surface area contributed by atoms with E-state index in [2.05, 4.69) is 25.9 Å². The van der Waals surface area contributed by atoms with Crippen LogP contribution in [0.1, 0.15) is 47.7 Å². The zero-order valence-corrected chi connectivity index (χ0v) is 29.3. The van der Waals surface area contributed by atoms with Gasteiger partial charge in [-0.1, -0.05) is 80.6 Å². The number of carbonyl (C=O) groups excluding carboxylic acids is 3. The number of hydrogen-bond donors (Lipinski definition) is 4. The molecule has 0 aliphatic rings. The summed E-state index contributed by atoms with van der Waals surface area (Å²) in [6.45, 7) is 3.97. The van der Waals surface area contributed by atoms with Gasteiger partial charge in [0.2, 0.25) is 5.91 Å².